The zero-order chi connectivity index (χ0) is 21.7. The molecule has 3 fully saturated rings. The van der Waals surface area contributed by atoms with E-state index in [2.05, 4.69) is 62.3 Å². The Morgan fingerprint density at radius 1 is 0.690 bits per heavy atom. The summed E-state index contributed by atoms with van der Waals surface area (Å²) in [5.41, 5.74) is -1.32. The molecule has 3 aliphatic rings. The molecular formula is C23H44B2O4. The summed E-state index contributed by atoms with van der Waals surface area (Å²) in [5, 5.41) is 0. The summed E-state index contributed by atoms with van der Waals surface area (Å²) < 4.78 is 26.0. The second-order valence-corrected chi connectivity index (χ2v) is 11.9. The Morgan fingerprint density at radius 3 is 1.45 bits per heavy atom. The van der Waals surface area contributed by atoms with Gasteiger partial charge in [0, 0.05) is 5.72 Å². The Hall–Kier alpha value is -0.0301. The van der Waals surface area contributed by atoms with Gasteiger partial charge in [0.15, 0.2) is 0 Å². The molecular weight excluding hydrogens is 362 g/mol. The fraction of sp³-hybridized carbons (Fsp3) is 1.00. The molecule has 0 amide bonds. The van der Waals surface area contributed by atoms with Gasteiger partial charge in [0.1, 0.15) is 0 Å². The van der Waals surface area contributed by atoms with Crippen LogP contribution in [0.1, 0.15) is 107 Å². The van der Waals surface area contributed by atoms with E-state index in [1.54, 1.807) is 0 Å². The van der Waals surface area contributed by atoms with E-state index >= 15 is 0 Å². The normalized spacial score (nSPS) is 29.6. The maximum absolute atomic E-state index is 6.51. The van der Waals surface area contributed by atoms with Crippen LogP contribution in [0.4, 0.5) is 0 Å². The van der Waals surface area contributed by atoms with E-state index in [9.17, 15) is 0 Å². The lowest BCUT2D eigenvalue weighted by Crippen LogP contribution is -2.42. The van der Waals surface area contributed by atoms with Crippen LogP contribution in [0, 0.1) is 11.8 Å². The summed E-state index contributed by atoms with van der Waals surface area (Å²) in [6.45, 7) is 19.3. The quantitative estimate of drug-likeness (QED) is 0.502. The Bertz CT molecular complexity index is 501. The molecule has 0 N–H and O–H groups in total. The van der Waals surface area contributed by atoms with Crippen molar-refractivity contribution in [1.29, 1.82) is 0 Å². The van der Waals surface area contributed by atoms with Gasteiger partial charge in [-0.05, 0) is 67.2 Å². The number of hydrogen-bond acceptors (Lipinski definition) is 4. The van der Waals surface area contributed by atoms with E-state index in [0.717, 1.165) is 5.92 Å². The standard InChI is InChI=1S/C23H44B2O4/c1-17(15-16-18-13-11-10-12-14-18)19(24-26-20(2,3)21(4,5)27-24)25-28-22(6,7)23(8,9)29-25/h17-19H,10-16H2,1-9H3. The molecule has 0 aromatic heterocycles. The van der Waals surface area contributed by atoms with Crippen LogP contribution in [0.25, 0.3) is 0 Å². The molecule has 4 nitrogen and oxygen atoms in total. The SMILES string of the molecule is CC(CCC1CCCCC1)C(B1OC(C)(C)C(C)(C)O1)B1OC(C)(C)C(C)(C)O1. The van der Waals surface area contributed by atoms with Crippen LogP contribution >= 0.6 is 0 Å². The van der Waals surface area contributed by atoms with Gasteiger partial charge >= 0.3 is 14.2 Å². The number of rotatable bonds is 6. The average molecular weight is 406 g/mol. The van der Waals surface area contributed by atoms with Crippen LogP contribution in [0.5, 0.6) is 0 Å². The highest BCUT2D eigenvalue weighted by atomic mass is 16.7. The molecule has 2 saturated heterocycles. The summed E-state index contributed by atoms with van der Waals surface area (Å²) in [6, 6.07) is 0. The van der Waals surface area contributed by atoms with E-state index < -0.39 is 0 Å². The van der Waals surface area contributed by atoms with E-state index in [0.29, 0.717) is 5.92 Å². The molecule has 166 valence electrons. The first-order valence-electron chi connectivity index (χ1n) is 12.0. The Morgan fingerprint density at radius 2 is 1.07 bits per heavy atom. The molecule has 1 unspecified atom stereocenters. The Balaban J connectivity index is 1.77. The molecule has 2 heterocycles. The monoisotopic (exact) mass is 406 g/mol. The molecule has 29 heavy (non-hydrogen) atoms. The van der Waals surface area contributed by atoms with E-state index in [1.807, 2.05) is 0 Å². The molecule has 0 aromatic carbocycles. The minimum Gasteiger partial charge on any atom is -0.403 e. The highest BCUT2D eigenvalue weighted by Gasteiger charge is 2.62. The predicted octanol–water partition coefficient (Wildman–Crippen LogP) is 6.08. The topological polar surface area (TPSA) is 36.9 Å². The maximum Gasteiger partial charge on any atom is 0.459 e. The van der Waals surface area contributed by atoms with E-state index in [4.69, 9.17) is 18.6 Å². The van der Waals surface area contributed by atoms with Gasteiger partial charge in [-0.1, -0.05) is 51.9 Å². The predicted molar refractivity (Wildman–Crippen MR) is 121 cm³/mol. The zero-order valence-electron chi connectivity index (χ0n) is 20.5. The summed E-state index contributed by atoms with van der Waals surface area (Å²) in [6.07, 6.45) is 9.46. The third-order valence-corrected chi connectivity index (χ3v) is 8.58. The van der Waals surface area contributed by atoms with Gasteiger partial charge in [-0.15, -0.1) is 0 Å². The molecule has 3 rings (SSSR count). The highest BCUT2D eigenvalue weighted by molar-refractivity contribution is 6.68. The molecule has 0 aromatic rings. The average Bonchev–Trinajstić information content (AvgIpc) is 2.93. The van der Waals surface area contributed by atoms with E-state index in [1.165, 1.54) is 44.9 Å². The van der Waals surface area contributed by atoms with Crippen LogP contribution in [0.15, 0.2) is 0 Å². The number of hydrogen-bond donors (Lipinski definition) is 0. The van der Waals surface area contributed by atoms with Crippen LogP contribution in [-0.4, -0.2) is 36.6 Å². The molecule has 2 aliphatic heterocycles. The third kappa shape index (κ3) is 4.76. The van der Waals surface area contributed by atoms with Gasteiger partial charge in [-0.25, -0.2) is 0 Å². The molecule has 1 saturated carbocycles. The van der Waals surface area contributed by atoms with Gasteiger partial charge in [0.25, 0.3) is 0 Å². The smallest absolute Gasteiger partial charge is 0.403 e. The molecule has 6 heteroatoms. The summed E-state index contributed by atoms with van der Waals surface area (Å²) in [4.78, 5) is 0. The lowest BCUT2D eigenvalue weighted by Gasteiger charge is -2.32. The minimum atomic E-state index is -0.345. The second-order valence-electron chi connectivity index (χ2n) is 11.9. The van der Waals surface area contributed by atoms with Crippen LogP contribution in [0.2, 0.25) is 5.72 Å². The van der Waals surface area contributed by atoms with Gasteiger partial charge < -0.3 is 18.6 Å². The van der Waals surface area contributed by atoms with Crippen LogP contribution in [-0.2, 0) is 18.6 Å². The van der Waals surface area contributed by atoms with Crippen molar-refractivity contribution in [2.24, 2.45) is 11.8 Å². The summed E-state index contributed by atoms with van der Waals surface area (Å²) in [5.74, 6) is 1.28. The molecule has 0 radical (unpaired) electrons. The Kier molecular flexibility index (Phi) is 6.64. The van der Waals surface area contributed by atoms with Crippen molar-refractivity contribution in [2.75, 3.05) is 0 Å². The van der Waals surface area contributed by atoms with E-state index in [-0.39, 0.29) is 42.4 Å². The lowest BCUT2D eigenvalue weighted by molar-refractivity contribution is 0.00578. The molecule has 0 bridgehead atoms. The largest absolute Gasteiger partial charge is 0.459 e. The maximum atomic E-state index is 6.51. The van der Waals surface area contributed by atoms with Crippen LogP contribution in [0.3, 0.4) is 0 Å². The van der Waals surface area contributed by atoms with Crippen molar-refractivity contribution in [3.05, 3.63) is 0 Å². The van der Waals surface area contributed by atoms with Crippen molar-refractivity contribution in [1.82, 2.24) is 0 Å². The van der Waals surface area contributed by atoms with Gasteiger partial charge in [0.2, 0.25) is 0 Å². The molecule has 1 aliphatic carbocycles. The lowest BCUT2D eigenvalue weighted by atomic mass is 9.46. The second kappa shape index (κ2) is 8.15. The molecule has 1 atom stereocenters. The first-order valence-corrected chi connectivity index (χ1v) is 12.0. The van der Waals surface area contributed by atoms with Gasteiger partial charge in [-0.2, -0.15) is 0 Å². The summed E-state index contributed by atoms with van der Waals surface area (Å²) >= 11 is 0. The van der Waals surface area contributed by atoms with Gasteiger partial charge in [0.05, 0.1) is 22.4 Å². The first-order chi connectivity index (χ1) is 13.3. The highest BCUT2D eigenvalue weighted by Crippen LogP contribution is 2.48. The van der Waals surface area contributed by atoms with Gasteiger partial charge in [-0.3, -0.25) is 0 Å². The van der Waals surface area contributed by atoms with Crippen molar-refractivity contribution >= 4 is 14.2 Å². The summed E-state index contributed by atoms with van der Waals surface area (Å²) in [7, 11) is -0.618. The molecule has 0 spiro atoms. The minimum absolute atomic E-state index is 0.0562. The fourth-order valence-electron chi connectivity index (χ4n) is 4.92. The zero-order valence-corrected chi connectivity index (χ0v) is 20.5. The van der Waals surface area contributed by atoms with Crippen LogP contribution < -0.4 is 0 Å². The third-order valence-electron chi connectivity index (χ3n) is 8.58. The van der Waals surface area contributed by atoms with Crippen molar-refractivity contribution < 1.29 is 18.6 Å². The fourth-order valence-corrected chi connectivity index (χ4v) is 4.92. The Labute approximate surface area is 180 Å². The van der Waals surface area contributed by atoms with Crippen molar-refractivity contribution in [2.45, 2.75) is 135 Å². The first kappa shape index (κ1) is 23.6. The van der Waals surface area contributed by atoms with Crippen molar-refractivity contribution in [3.8, 4) is 0 Å². The van der Waals surface area contributed by atoms with Crippen molar-refractivity contribution in [3.63, 3.8) is 0 Å².